The zero-order valence-electron chi connectivity index (χ0n) is 13.9. The molecular formula is C17H18FN3O2S2. The Morgan fingerprint density at radius 2 is 2.08 bits per heavy atom. The highest BCUT2D eigenvalue weighted by molar-refractivity contribution is 7.94. The lowest BCUT2D eigenvalue weighted by Gasteiger charge is -2.09. The summed E-state index contributed by atoms with van der Waals surface area (Å²) in [6, 6.07) is 7.49. The Morgan fingerprint density at radius 1 is 1.28 bits per heavy atom. The summed E-state index contributed by atoms with van der Waals surface area (Å²) in [5, 5.41) is 6.05. The van der Waals surface area contributed by atoms with Crippen LogP contribution in [0.15, 0.2) is 46.1 Å². The van der Waals surface area contributed by atoms with Crippen molar-refractivity contribution in [1.82, 2.24) is 9.78 Å². The summed E-state index contributed by atoms with van der Waals surface area (Å²) in [5.41, 5.74) is 2.57. The van der Waals surface area contributed by atoms with E-state index in [0.717, 1.165) is 35.6 Å². The molecule has 0 bridgehead atoms. The molecule has 132 valence electrons. The van der Waals surface area contributed by atoms with E-state index in [4.69, 9.17) is 0 Å². The highest BCUT2D eigenvalue weighted by atomic mass is 32.2. The largest absolute Gasteiger partial charge is 0.279 e. The molecule has 0 saturated carbocycles. The molecule has 0 radical (unpaired) electrons. The third kappa shape index (κ3) is 3.74. The molecule has 0 aliphatic rings. The number of rotatable bonds is 6. The van der Waals surface area contributed by atoms with Crippen molar-refractivity contribution in [2.75, 3.05) is 4.72 Å². The molecule has 0 saturated heterocycles. The summed E-state index contributed by atoms with van der Waals surface area (Å²) >= 11 is 1.13. The summed E-state index contributed by atoms with van der Waals surface area (Å²) in [5.74, 6) is -0.487. The van der Waals surface area contributed by atoms with E-state index >= 15 is 0 Å². The van der Waals surface area contributed by atoms with Crippen LogP contribution in [0.25, 0.3) is 11.3 Å². The first-order valence-corrected chi connectivity index (χ1v) is 10.2. The van der Waals surface area contributed by atoms with Gasteiger partial charge in [-0.05, 0) is 43.2 Å². The second-order valence-electron chi connectivity index (χ2n) is 5.66. The summed E-state index contributed by atoms with van der Waals surface area (Å²) in [6.45, 7) is 4.54. The van der Waals surface area contributed by atoms with Crippen LogP contribution >= 0.6 is 11.3 Å². The predicted molar refractivity (Wildman–Crippen MR) is 97.8 cm³/mol. The molecule has 0 atom stereocenters. The maximum Gasteiger partial charge on any atom is 0.271 e. The molecule has 3 aromatic rings. The minimum absolute atomic E-state index is 0.176. The SMILES string of the molecule is CCCn1nccc1-c1csc(S(=O)(=O)Nc2cc(F)ccc2C)c1. The molecule has 0 aliphatic heterocycles. The summed E-state index contributed by atoms with van der Waals surface area (Å²) in [4.78, 5) is 0. The topological polar surface area (TPSA) is 64.0 Å². The maximum atomic E-state index is 13.4. The average Bonchev–Trinajstić information content (AvgIpc) is 3.20. The second kappa shape index (κ2) is 6.97. The minimum atomic E-state index is -3.78. The fourth-order valence-electron chi connectivity index (χ4n) is 2.46. The van der Waals surface area contributed by atoms with Crippen LogP contribution in [0.5, 0.6) is 0 Å². The molecule has 0 amide bonds. The number of nitrogens with one attached hydrogen (secondary N) is 1. The number of halogens is 1. The van der Waals surface area contributed by atoms with Gasteiger partial charge in [-0.2, -0.15) is 5.10 Å². The van der Waals surface area contributed by atoms with Crippen molar-refractivity contribution < 1.29 is 12.8 Å². The highest BCUT2D eigenvalue weighted by Crippen LogP contribution is 2.30. The number of aromatic nitrogens is 2. The summed E-state index contributed by atoms with van der Waals surface area (Å²) in [6.07, 6.45) is 2.63. The van der Waals surface area contributed by atoms with E-state index in [0.29, 0.717) is 5.56 Å². The standard InChI is InChI=1S/C17H18FN3O2S2/c1-3-8-21-16(6-7-19-21)13-9-17(24-11-13)25(22,23)20-15-10-14(18)5-4-12(15)2/h4-7,9-11,20H,3,8H2,1-2H3. The Kier molecular flexibility index (Phi) is 4.91. The van der Waals surface area contributed by atoms with Crippen LogP contribution in [0.2, 0.25) is 0 Å². The van der Waals surface area contributed by atoms with E-state index in [2.05, 4.69) is 16.7 Å². The third-order valence-corrected chi connectivity index (χ3v) is 6.54. The van der Waals surface area contributed by atoms with Gasteiger partial charge in [0.15, 0.2) is 0 Å². The Hall–Kier alpha value is -2.19. The van der Waals surface area contributed by atoms with E-state index in [1.165, 1.54) is 18.2 Å². The van der Waals surface area contributed by atoms with Gasteiger partial charge in [-0.25, -0.2) is 12.8 Å². The van der Waals surface area contributed by atoms with Crippen LogP contribution in [-0.2, 0) is 16.6 Å². The molecule has 2 heterocycles. The van der Waals surface area contributed by atoms with Gasteiger partial charge in [0, 0.05) is 23.7 Å². The van der Waals surface area contributed by atoms with E-state index in [-0.39, 0.29) is 9.90 Å². The first-order chi connectivity index (χ1) is 11.9. The number of anilines is 1. The average molecular weight is 379 g/mol. The Balaban J connectivity index is 1.90. The number of hydrogen-bond donors (Lipinski definition) is 1. The van der Waals surface area contributed by atoms with Crippen molar-refractivity contribution in [3.8, 4) is 11.3 Å². The molecule has 0 unspecified atom stereocenters. The quantitative estimate of drug-likeness (QED) is 0.696. The summed E-state index contributed by atoms with van der Waals surface area (Å²) in [7, 11) is -3.78. The number of aryl methyl sites for hydroxylation is 2. The first-order valence-electron chi connectivity index (χ1n) is 7.80. The van der Waals surface area contributed by atoms with Gasteiger partial charge in [-0.3, -0.25) is 9.40 Å². The van der Waals surface area contributed by atoms with E-state index in [9.17, 15) is 12.8 Å². The third-order valence-electron chi connectivity index (χ3n) is 3.73. The summed E-state index contributed by atoms with van der Waals surface area (Å²) < 4.78 is 43.1. The molecule has 1 aromatic carbocycles. The van der Waals surface area contributed by atoms with E-state index in [1.807, 2.05) is 10.7 Å². The molecular weight excluding hydrogens is 361 g/mol. The minimum Gasteiger partial charge on any atom is -0.279 e. The molecule has 25 heavy (non-hydrogen) atoms. The van der Waals surface area contributed by atoms with Gasteiger partial charge in [0.2, 0.25) is 0 Å². The lowest BCUT2D eigenvalue weighted by atomic mass is 10.2. The zero-order valence-corrected chi connectivity index (χ0v) is 15.5. The van der Waals surface area contributed by atoms with Crippen molar-refractivity contribution >= 4 is 27.0 Å². The predicted octanol–water partition coefficient (Wildman–Crippen LogP) is 4.27. The highest BCUT2D eigenvalue weighted by Gasteiger charge is 2.19. The van der Waals surface area contributed by atoms with Gasteiger partial charge in [0.05, 0.1) is 11.4 Å². The van der Waals surface area contributed by atoms with Crippen molar-refractivity contribution in [2.45, 2.75) is 31.0 Å². The van der Waals surface area contributed by atoms with E-state index < -0.39 is 15.8 Å². The van der Waals surface area contributed by atoms with Crippen LogP contribution < -0.4 is 4.72 Å². The molecule has 3 rings (SSSR count). The molecule has 5 nitrogen and oxygen atoms in total. The number of benzene rings is 1. The van der Waals surface area contributed by atoms with Gasteiger partial charge >= 0.3 is 0 Å². The normalized spacial score (nSPS) is 11.6. The fraction of sp³-hybridized carbons (Fsp3) is 0.235. The van der Waals surface area contributed by atoms with Gasteiger partial charge in [0.1, 0.15) is 10.0 Å². The second-order valence-corrected chi connectivity index (χ2v) is 8.48. The van der Waals surface area contributed by atoms with Crippen LogP contribution in [0.3, 0.4) is 0 Å². The molecule has 1 N–H and O–H groups in total. The van der Waals surface area contributed by atoms with Crippen molar-refractivity contribution in [3.05, 3.63) is 53.3 Å². The van der Waals surface area contributed by atoms with Crippen LogP contribution in [0, 0.1) is 12.7 Å². The lowest BCUT2D eigenvalue weighted by molar-refractivity contribution is 0.602. The number of hydrogen-bond acceptors (Lipinski definition) is 4. The van der Waals surface area contributed by atoms with Gasteiger partial charge < -0.3 is 0 Å². The zero-order chi connectivity index (χ0) is 18.0. The van der Waals surface area contributed by atoms with Crippen molar-refractivity contribution in [3.63, 3.8) is 0 Å². The number of thiophene rings is 1. The molecule has 0 spiro atoms. The molecule has 2 aromatic heterocycles. The monoisotopic (exact) mass is 379 g/mol. The van der Waals surface area contributed by atoms with Gasteiger partial charge in [-0.15, -0.1) is 11.3 Å². The van der Waals surface area contributed by atoms with Crippen LogP contribution in [0.4, 0.5) is 10.1 Å². The maximum absolute atomic E-state index is 13.4. The molecule has 8 heteroatoms. The Labute approximate surface area is 150 Å². The smallest absolute Gasteiger partial charge is 0.271 e. The van der Waals surface area contributed by atoms with Crippen molar-refractivity contribution in [1.29, 1.82) is 0 Å². The first kappa shape index (κ1) is 17.6. The van der Waals surface area contributed by atoms with Gasteiger partial charge in [0.25, 0.3) is 10.0 Å². The molecule has 0 fully saturated rings. The Bertz CT molecular complexity index is 993. The van der Waals surface area contributed by atoms with Gasteiger partial charge in [-0.1, -0.05) is 13.0 Å². The number of nitrogens with zero attached hydrogens (tertiary/aromatic N) is 2. The van der Waals surface area contributed by atoms with E-state index in [1.54, 1.807) is 24.6 Å². The van der Waals surface area contributed by atoms with Crippen molar-refractivity contribution in [2.24, 2.45) is 0 Å². The Morgan fingerprint density at radius 3 is 2.84 bits per heavy atom. The fourth-order valence-corrected chi connectivity index (χ4v) is 4.75. The number of sulfonamides is 1. The molecule has 0 aliphatic carbocycles. The van der Waals surface area contributed by atoms with Crippen LogP contribution in [0.1, 0.15) is 18.9 Å². The van der Waals surface area contributed by atoms with Crippen LogP contribution in [-0.4, -0.2) is 18.2 Å². The lowest BCUT2D eigenvalue weighted by Crippen LogP contribution is -2.12.